The first kappa shape index (κ1) is 21.4. The number of fused-ring (bicyclic) bond motifs is 1. The van der Waals surface area contributed by atoms with Gasteiger partial charge in [0.2, 0.25) is 0 Å². The van der Waals surface area contributed by atoms with Gasteiger partial charge < -0.3 is 9.15 Å². The number of furan rings is 1. The molecular formula is C23H15BrCl2N2O3. The number of carbonyl (C=O) groups is 1. The quantitative estimate of drug-likeness (QED) is 0.225. The van der Waals surface area contributed by atoms with Gasteiger partial charge in [-0.15, -0.1) is 0 Å². The zero-order valence-electron chi connectivity index (χ0n) is 15.9. The van der Waals surface area contributed by atoms with Crippen molar-refractivity contribution in [1.82, 2.24) is 5.43 Å². The number of para-hydroxylation sites is 1. The number of hydrogen-bond donors (Lipinski definition) is 1. The van der Waals surface area contributed by atoms with Crippen molar-refractivity contribution in [3.8, 4) is 5.75 Å². The maximum absolute atomic E-state index is 12.3. The van der Waals surface area contributed by atoms with Gasteiger partial charge in [-0.1, -0.05) is 59.6 Å². The molecule has 1 heterocycles. The molecule has 0 fully saturated rings. The second-order valence-corrected chi connectivity index (χ2v) is 8.21. The summed E-state index contributed by atoms with van der Waals surface area (Å²) >= 11 is 16.0. The third-order valence-electron chi connectivity index (χ3n) is 4.38. The largest absolute Gasteiger partial charge is 0.486 e. The van der Waals surface area contributed by atoms with E-state index in [4.69, 9.17) is 32.4 Å². The number of benzene rings is 3. The molecule has 0 radical (unpaired) electrons. The van der Waals surface area contributed by atoms with Crippen LogP contribution in [0.3, 0.4) is 0 Å². The molecule has 0 aliphatic heterocycles. The first-order valence-electron chi connectivity index (χ1n) is 9.18. The van der Waals surface area contributed by atoms with Crippen molar-refractivity contribution >= 4 is 62.2 Å². The van der Waals surface area contributed by atoms with E-state index < -0.39 is 5.91 Å². The fourth-order valence-electron chi connectivity index (χ4n) is 2.87. The molecule has 3 aromatic carbocycles. The molecule has 156 valence electrons. The third-order valence-corrected chi connectivity index (χ3v) is 5.62. The van der Waals surface area contributed by atoms with Gasteiger partial charge in [-0.25, -0.2) is 5.43 Å². The second-order valence-electron chi connectivity index (χ2n) is 6.54. The summed E-state index contributed by atoms with van der Waals surface area (Å²) in [6, 6.07) is 19.9. The van der Waals surface area contributed by atoms with Crippen LogP contribution in [0.4, 0.5) is 0 Å². The van der Waals surface area contributed by atoms with E-state index in [1.807, 2.05) is 36.4 Å². The summed E-state index contributed by atoms with van der Waals surface area (Å²) in [4.78, 5) is 12.3. The molecular weight excluding hydrogens is 503 g/mol. The molecule has 0 spiro atoms. The second kappa shape index (κ2) is 9.56. The number of nitrogens with zero attached hydrogens (tertiary/aromatic N) is 1. The summed E-state index contributed by atoms with van der Waals surface area (Å²) < 4.78 is 12.0. The van der Waals surface area contributed by atoms with E-state index in [9.17, 15) is 4.79 Å². The van der Waals surface area contributed by atoms with E-state index in [0.29, 0.717) is 31.4 Å². The smallest absolute Gasteiger partial charge is 0.307 e. The summed E-state index contributed by atoms with van der Waals surface area (Å²) in [6.45, 7) is 0.277. The normalized spacial score (nSPS) is 11.2. The van der Waals surface area contributed by atoms with Crippen molar-refractivity contribution in [2.24, 2.45) is 5.10 Å². The van der Waals surface area contributed by atoms with E-state index in [0.717, 1.165) is 10.9 Å². The predicted molar refractivity (Wildman–Crippen MR) is 126 cm³/mol. The molecule has 0 saturated heterocycles. The maximum atomic E-state index is 12.3. The highest BCUT2D eigenvalue weighted by molar-refractivity contribution is 9.10. The molecule has 4 rings (SSSR count). The Kier molecular flexibility index (Phi) is 6.61. The number of rotatable bonds is 6. The Bertz CT molecular complexity index is 1230. The summed E-state index contributed by atoms with van der Waals surface area (Å²) in [5.41, 5.74) is 4.61. The van der Waals surface area contributed by atoms with Crippen LogP contribution in [0, 0.1) is 0 Å². The highest BCUT2D eigenvalue weighted by Crippen LogP contribution is 2.35. The molecule has 0 bridgehead atoms. The fourth-order valence-corrected chi connectivity index (χ4v) is 4.05. The molecule has 0 unspecified atom stereocenters. The first-order valence-corrected chi connectivity index (χ1v) is 10.7. The van der Waals surface area contributed by atoms with Crippen LogP contribution in [-0.2, 0) is 6.61 Å². The minimum atomic E-state index is -0.447. The minimum absolute atomic E-state index is 0.181. The minimum Gasteiger partial charge on any atom is -0.486 e. The molecule has 4 aromatic rings. The van der Waals surface area contributed by atoms with Crippen LogP contribution < -0.4 is 10.2 Å². The average Bonchev–Trinajstić information content (AvgIpc) is 3.19. The van der Waals surface area contributed by atoms with Crippen molar-refractivity contribution in [3.63, 3.8) is 0 Å². The molecule has 0 saturated carbocycles. The molecule has 1 amide bonds. The highest BCUT2D eigenvalue weighted by atomic mass is 79.9. The number of nitrogens with one attached hydrogen (secondary N) is 1. The van der Waals surface area contributed by atoms with Gasteiger partial charge in [0, 0.05) is 16.0 Å². The topological polar surface area (TPSA) is 63.8 Å². The van der Waals surface area contributed by atoms with Gasteiger partial charge in [0.25, 0.3) is 0 Å². The summed E-state index contributed by atoms with van der Waals surface area (Å²) in [6.07, 6.45) is 1.48. The van der Waals surface area contributed by atoms with Gasteiger partial charge in [0.1, 0.15) is 12.2 Å². The zero-order chi connectivity index (χ0) is 21.8. The number of amides is 1. The van der Waals surface area contributed by atoms with Crippen molar-refractivity contribution in [1.29, 1.82) is 0 Å². The van der Waals surface area contributed by atoms with E-state index in [2.05, 4.69) is 26.5 Å². The van der Waals surface area contributed by atoms with Crippen LogP contribution in [0.25, 0.3) is 11.0 Å². The molecule has 1 aromatic heterocycles. The van der Waals surface area contributed by atoms with Crippen molar-refractivity contribution < 1.29 is 13.9 Å². The Balaban J connectivity index is 1.42. The number of hydrazone groups is 1. The number of carbonyl (C=O) groups excluding carboxylic acids is 1. The van der Waals surface area contributed by atoms with E-state index in [1.54, 1.807) is 30.3 Å². The van der Waals surface area contributed by atoms with Crippen LogP contribution in [-0.4, -0.2) is 12.1 Å². The van der Waals surface area contributed by atoms with Crippen molar-refractivity contribution in [2.45, 2.75) is 6.61 Å². The van der Waals surface area contributed by atoms with Gasteiger partial charge in [0.05, 0.1) is 15.7 Å². The van der Waals surface area contributed by atoms with E-state index in [1.165, 1.54) is 6.21 Å². The Morgan fingerprint density at radius 2 is 1.84 bits per heavy atom. The number of hydrogen-bond acceptors (Lipinski definition) is 4. The summed E-state index contributed by atoms with van der Waals surface area (Å²) in [5, 5.41) is 5.85. The van der Waals surface area contributed by atoms with Gasteiger partial charge >= 0.3 is 5.91 Å². The Hall–Kier alpha value is -2.80. The Labute approximate surface area is 196 Å². The molecule has 31 heavy (non-hydrogen) atoms. The first-order chi connectivity index (χ1) is 15.0. The molecule has 8 heteroatoms. The lowest BCUT2D eigenvalue weighted by atomic mass is 10.2. The van der Waals surface area contributed by atoms with Gasteiger partial charge in [-0.2, -0.15) is 5.10 Å². The van der Waals surface area contributed by atoms with Crippen LogP contribution in [0.1, 0.15) is 21.7 Å². The molecule has 1 N–H and O–H groups in total. The van der Waals surface area contributed by atoms with Crippen LogP contribution in [0.5, 0.6) is 5.75 Å². The standard InChI is InChI=1S/C23H15BrCl2N2O3/c24-17-9-14(10-19(26)22(17)30-13-16-6-1-3-7-18(16)25)12-27-28-23(29)21-11-15-5-2-4-8-20(15)31-21/h1-12H,13H2,(H,28,29)/b27-12+. The van der Waals surface area contributed by atoms with Crippen LogP contribution in [0.15, 0.2) is 80.7 Å². The lowest BCUT2D eigenvalue weighted by Gasteiger charge is -2.12. The van der Waals surface area contributed by atoms with E-state index >= 15 is 0 Å². The number of halogens is 3. The predicted octanol–water partition coefficient (Wildman–Crippen LogP) is 6.85. The molecule has 5 nitrogen and oxygen atoms in total. The van der Waals surface area contributed by atoms with Crippen molar-refractivity contribution in [2.75, 3.05) is 0 Å². The monoisotopic (exact) mass is 516 g/mol. The fraction of sp³-hybridized carbons (Fsp3) is 0.0435. The van der Waals surface area contributed by atoms with Crippen molar-refractivity contribution in [3.05, 3.63) is 98.1 Å². The average molecular weight is 518 g/mol. The SMILES string of the molecule is O=C(N/N=C/c1cc(Cl)c(OCc2ccccc2Cl)c(Br)c1)c1cc2ccccc2o1. The highest BCUT2D eigenvalue weighted by Gasteiger charge is 2.12. The number of ether oxygens (including phenoxy) is 1. The maximum Gasteiger partial charge on any atom is 0.307 e. The zero-order valence-corrected chi connectivity index (χ0v) is 19.0. The Morgan fingerprint density at radius 1 is 1.06 bits per heavy atom. The van der Waals surface area contributed by atoms with E-state index in [-0.39, 0.29) is 12.4 Å². The summed E-state index contributed by atoms with van der Waals surface area (Å²) in [5.74, 6) is 0.225. The third kappa shape index (κ3) is 5.10. The lowest BCUT2D eigenvalue weighted by Crippen LogP contribution is -2.16. The van der Waals surface area contributed by atoms with Crippen LogP contribution in [0.2, 0.25) is 10.0 Å². The van der Waals surface area contributed by atoms with Gasteiger partial charge in [-0.05, 0) is 51.8 Å². The molecule has 0 aliphatic rings. The molecule has 0 atom stereocenters. The summed E-state index contributed by atoms with van der Waals surface area (Å²) in [7, 11) is 0. The van der Waals surface area contributed by atoms with Gasteiger partial charge in [0.15, 0.2) is 11.5 Å². The lowest BCUT2D eigenvalue weighted by molar-refractivity contribution is 0.0929. The van der Waals surface area contributed by atoms with Gasteiger partial charge in [-0.3, -0.25) is 4.79 Å². The Morgan fingerprint density at radius 3 is 2.61 bits per heavy atom. The van der Waals surface area contributed by atoms with Crippen LogP contribution >= 0.6 is 39.1 Å². The molecule has 0 aliphatic carbocycles.